The van der Waals surface area contributed by atoms with Gasteiger partial charge in [0.05, 0.1) is 0 Å². The molecule has 0 spiro atoms. The Morgan fingerprint density at radius 1 is 1.31 bits per heavy atom. The summed E-state index contributed by atoms with van der Waals surface area (Å²) in [5.74, 6) is -0.0535. The van der Waals surface area contributed by atoms with Gasteiger partial charge in [-0.05, 0) is 51.5 Å². The topological polar surface area (TPSA) is 77.7 Å². The van der Waals surface area contributed by atoms with Crippen molar-refractivity contribution in [3.63, 3.8) is 0 Å². The Hall–Kier alpha value is -1.74. The van der Waals surface area contributed by atoms with Crippen molar-refractivity contribution < 1.29 is 13.9 Å². The molecule has 142 valence electrons. The van der Waals surface area contributed by atoms with E-state index in [1.807, 2.05) is 6.92 Å². The molecule has 2 saturated heterocycles. The molecule has 0 aromatic heterocycles. The van der Waals surface area contributed by atoms with Crippen LogP contribution in [0.4, 0.5) is 10.1 Å². The fourth-order valence-electron chi connectivity index (χ4n) is 3.96. The zero-order valence-corrected chi connectivity index (χ0v) is 15.1. The number of aryl methyl sites for hydroxylation is 1. The molecule has 0 radical (unpaired) electrons. The van der Waals surface area contributed by atoms with Crippen molar-refractivity contribution in [2.45, 2.75) is 44.8 Å². The Bertz CT molecular complexity index is 661. The Kier molecular flexibility index (Phi) is 4.83. The molecule has 3 aliphatic rings. The Labute approximate surface area is 152 Å². The first-order valence-corrected chi connectivity index (χ1v) is 9.21. The van der Waals surface area contributed by atoms with E-state index in [0.717, 1.165) is 37.2 Å². The van der Waals surface area contributed by atoms with Crippen LogP contribution in [0.2, 0.25) is 0 Å². The first kappa shape index (κ1) is 17.7. The number of anilines is 1. The second-order valence-electron chi connectivity index (χ2n) is 7.49. The number of nitrogens with zero attached hydrogens (tertiary/aromatic N) is 1. The molecule has 0 aliphatic carbocycles. The van der Waals surface area contributed by atoms with Crippen LogP contribution >= 0.6 is 0 Å². The molecule has 4 rings (SSSR count). The molecule has 1 aromatic rings. The largest absolute Gasteiger partial charge is 0.373 e. The predicted octanol–water partition coefficient (Wildman–Crippen LogP) is 0.663. The van der Waals surface area contributed by atoms with Crippen LogP contribution in [0, 0.1) is 18.7 Å². The number of rotatable bonds is 3. The third-order valence-corrected chi connectivity index (χ3v) is 5.61. The van der Waals surface area contributed by atoms with Crippen molar-refractivity contribution in [2.24, 2.45) is 5.92 Å². The first-order valence-electron chi connectivity index (χ1n) is 9.21. The van der Waals surface area contributed by atoms with E-state index in [-0.39, 0.29) is 18.0 Å². The van der Waals surface area contributed by atoms with Crippen molar-refractivity contribution in [2.75, 3.05) is 25.5 Å². The summed E-state index contributed by atoms with van der Waals surface area (Å²) in [5, 5.41) is 5.98. The van der Waals surface area contributed by atoms with Crippen LogP contribution in [0.15, 0.2) is 12.1 Å². The number of halogens is 1. The van der Waals surface area contributed by atoms with Crippen LogP contribution < -0.4 is 21.5 Å². The molecule has 0 bridgehead atoms. The minimum atomic E-state index is -0.580. The number of hydrazine groups is 1. The van der Waals surface area contributed by atoms with Gasteiger partial charge in [0.25, 0.3) is 0 Å². The number of nitrogens with one attached hydrogen (secondary N) is 4. The summed E-state index contributed by atoms with van der Waals surface area (Å²) in [6.07, 6.45) is 1.78. The van der Waals surface area contributed by atoms with E-state index in [2.05, 4.69) is 33.4 Å². The smallest absolute Gasteiger partial charge is 0.245 e. The van der Waals surface area contributed by atoms with Gasteiger partial charge in [-0.1, -0.05) is 6.07 Å². The maximum atomic E-state index is 14.0. The molecular formula is C18H26FN5O2. The summed E-state index contributed by atoms with van der Waals surface area (Å²) in [5.41, 5.74) is 8.38. The van der Waals surface area contributed by atoms with E-state index >= 15 is 0 Å². The number of fused-ring (bicyclic) bond motifs is 1. The molecule has 0 saturated carbocycles. The predicted molar refractivity (Wildman–Crippen MR) is 95.5 cm³/mol. The molecular weight excluding hydrogens is 337 g/mol. The Balaban J connectivity index is 1.31. The number of piperidine rings is 1. The molecule has 8 heteroatoms. The molecule has 26 heavy (non-hydrogen) atoms. The van der Waals surface area contributed by atoms with Gasteiger partial charge in [-0.15, -0.1) is 0 Å². The summed E-state index contributed by atoms with van der Waals surface area (Å²) in [4.78, 5) is 14.9. The normalized spacial score (nSPS) is 29.4. The SMILES string of the molecule is Cc1ccc(F)c2c1NC(C(=O)NC1NNC(C3CCN(C)CC3)O1)C2. The average Bonchev–Trinajstić information content (AvgIpc) is 3.27. The number of amides is 1. The van der Waals surface area contributed by atoms with Crippen LogP contribution in [0.3, 0.4) is 0 Å². The fourth-order valence-corrected chi connectivity index (χ4v) is 3.96. The van der Waals surface area contributed by atoms with Gasteiger partial charge >= 0.3 is 0 Å². The molecule has 3 aliphatic heterocycles. The van der Waals surface area contributed by atoms with Gasteiger partial charge in [0.15, 0.2) is 0 Å². The van der Waals surface area contributed by atoms with E-state index in [1.54, 1.807) is 6.07 Å². The molecule has 2 fully saturated rings. The third-order valence-electron chi connectivity index (χ3n) is 5.61. The highest BCUT2D eigenvalue weighted by atomic mass is 19.1. The number of carbonyl (C=O) groups excluding carboxylic acids is 1. The zero-order chi connectivity index (χ0) is 18.3. The summed E-state index contributed by atoms with van der Waals surface area (Å²) in [7, 11) is 2.12. The third kappa shape index (κ3) is 3.42. The molecule has 3 atom stereocenters. The number of hydrogen-bond donors (Lipinski definition) is 4. The van der Waals surface area contributed by atoms with Gasteiger partial charge in [0, 0.05) is 23.6 Å². The Morgan fingerprint density at radius 3 is 2.81 bits per heavy atom. The van der Waals surface area contributed by atoms with Crippen LogP contribution in [-0.4, -0.2) is 49.6 Å². The van der Waals surface area contributed by atoms with Gasteiger partial charge < -0.3 is 20.3 Å². The number of benzene rings is 1. The van der Waals surface area contributed by atoms with E-state index in [4.69, 9.17) is 4.74 Å². The molecule has 3 heterocycles. The summed E-state index contributed by atoms with van der Waals surface area (Å²) < 4.78 is 19.9. The molecule has 1 aromatic carbocycles. The minimum absolute atomic E-state index is 0.109. The van der Waals surface area contributed by atoms with Crippen LogP contribution in [0.1, 0.15) is 24.0 Å². The van der Waals surface area contributed by atoms with Gasteiger partial charge in [-0.25, -0.2) is 15.2 Å². The lowest BCUT2D eigenvalue weighted by molar-refractivity contribution is -0.127. The maximum Gasteiger partial charge on any atom is 0.245 e. The monoisotopic (exact) mass is 363 g/mol. The molecule has 1 amide bonds. The summed E-state index contributed by atoms with van der Waals surface area (Å²) in [6.45, 7) is 4.01. The van der Waals surface area contributed by atoms with E-state index in [0.29, 0.717) is 17.9 Å². The molecule has 7 nitrogen and oxygen atoms in total. The Morgan fingerprint density at radius 2 is 2.08 bits per heavy atom. The van der Waals surface area contributed by atoms with E-state index in [1.165, 1.54) is 6.07 Å². The fraction of sp³-hybridized carbons (Fsp3) is 0.611. The van der Waals surface area contributed by atoms with Crippen LogP contribution in [-0.2, 0) is 16.0 Å². The summed E-state index contributed by atoms with van der Waals surface area (Å²) >= 11 is 0. The quantitative estimate of drug-likeness (QED) is 0.632. The highest BCUT2D eigenvalue weighted by Gasteiger charge is 2.36. The maximum absolute atomic E-state index is 14.0. The van der Waals surface area contributed by atoms with Crippen molar-refractivity contribution in [3.8, 4) is 0 Å². The van der Waals surface area contributed by atoms with Crippen LogP contribution in [0.25, 0.3) is 0 Å². The second-order valence-corrected chi connectivity index (χ2v) is 7.49. The second kappa shape index (κ2) is 7.11. The number of hydrogen-bond acceptors (Lipinski definition) is 6. The zero-order valence-electron chi connectivity index (χ0n) is 15.1. The highest BCUT2D eigenvalue weighted by molar-refractivity contribution is 5.88. The van der Waals surface area contributed by atoms with E-state index in [9.17, 15) is 9.18 Å². The van der Waals surface area contributed by atoms with Crippen LogP contribution in [0.5, 0.6) is 0 Å². The van der Waals surface area contributed by atoms with Gasteiger partial charge in [0.1, 0.15) is 18.1 Å². The van der Waals surface area contributed by atoms with E-state index < -0.39 is 12.4 Å². The lowest BCUT2D eigenvalue weighted by atomic mass is 9.96. The number of carbonyl (C=O) groups is 1. The highest BCUT2D eigenvalue weighted by Crippen LogP contribution is 2.31. The number of likely N-dealkylation sites (tertiary alicyclic amines) is 1. The summed E-state index contributed by atoms with van der Waals surface area (Å²) in [6, 6.07) is 2.68. The van der Waals surface area contributed by atoms with Crippen molar-refractivity contribution >= 4 is 11.6 Å². The molecule has 3 unspecified atom stereocenters. The van der Waals surface area contributed by atoms with Gasteiger partial charge in [-0.3, -0.25) is 4.79 Å². The number of ether oxygens (including phenoxy) is 1. The minimum Gasteiger partial charge on any atom is -0.373 e. The van der Waals surface area contributed by atoms with Crippen molar-refractivity contribution in [1.29, 1.82) is 0 Å². The average molecular weight is 363 g/mol. The van der Waals surface area contributed by atoms with Crippen molar-refractivity contribution in [3.05, 3.63) is 29.1 Å². The first-order chi connectivity index (χ1) is 12.5. The van der Waals surface area contributed by atoms with Crippen molar-refractivity contribution in [1.82, 2.24) is 21.1 Å². The van der Waals surface area contributed by atoms with Gasteiger partial charge in [0.2, 0.25) is 12.3 Å². The lowest BCUT2D eigenvalue weighted by Gasteiger charge is -2.31. The standard InChI is InChI=1S/C18H26FN5O2/c1-10-3-4-13(19)12-9-14(20-15(10)12)16(25)21-18-23-22-17(26-18)11-5-7-24(2)8-6-11/h3-4,11,14,17-18,20,22-23H,5-9H2,1-2H3,(H,21,25). The van der Waals surface area contributed by atoms with Gasteiger partial charge in [-0.2, -0.15) is 0 Å². The molecule has 4 N–H and O–H groups in total. The lowest BCUT2D eigenvalue weighted by Crippen LogP contribution is -2.49.